The second-order valence-corrected chi connectivity index (χ2v) is 12.5. The SMILES string of the molecule is CCCCCCCCCCc1ccc2c(c1)SC1C2SC2c3ccccc3SC21. The van der Waals surface area contributed by atoms with E-state index in [4.69, 9.17) is 0 Å². The smallest absolute Gasteiger partial charge is 0.0448 e. The minimum Gasteiger partial charge on any atom is -0.143 e. The van der Waals surface area contributed by atoms with Crippen molar-refractivity contribution in [1.29, 1.82) is 0 Å². The van der Waals surface area contributed by atoms with Gasteiger partial charge in [-0.1, -0.05) is 82.2 Å². The van der Waals surface area contributed by atoms with Gasteiger partial charge >= 0.3 is 0 Å². The zero-order valence-electron chi connectivity index (χ0n) is 17.4. The maximum Gasteiger partial charge on any atom is 0.0448 e. The van der Waals surface area contributed by atoms with Crippen LogP contribution in [0.5, 0.6) is 0 Å². The van der Waals surface area contributed by atoms with Crippen molar-refractivity contribution < 1.29 is 0 Å². The van der Waals surface area contributed by atoms with Crippen LogP contribution in [-0.2, 0) is 6.42 Å². The van der Waals surface area contributed by atoms with Crippen molar-refractivity contribution in [3.05, 3.63) is 59.2 Å². The van der Waals surface area contributed by atoms with Gasteiger partial charge in [0.2, 0.25) is 0 Å². The predicted octanol–water partition coefficient (Wildman–Crippen LogP) is 8.85. The Bertz CT molecular complexity index is 846. The van der Waals surface area contributed by atoms with Gasteiger partial charge in [-0.25, -0.2) is 0 Å². The molecule has 1 fully saturated rings. The summed E-state index contributed by atoms with van der Waals surface area (Å²) in [7, 11) is 0. The average Bonchev–Trinajstić information content (AvgIpc) is 3.38. The lowest BCUT2D eigenvalue weighted by Crippen LogP contribution is -2.14. The molecule has 3 heteroatoms. The van der Waals surface area contributed by atoms with E-state index in [0.717, 1.165) is 10.5 Å². The summed E-state index contributed by atoms with van der Waals surface area (Å²) in [6.07, 6.45) is 12.5. The third-order valence-corrected chi connectivity index (χ3v) is 11.8. The monoisotopic (exact) mass is 440 g/mol. The first-order valence-corrected chi connectivity index (χ1v) is 14.3. The second-order valence-electron chi connectivity index (χ2n) is 8.78. The van der Waals surface area contributed by atoms with Gasteiger partial charge in [0.15, 0.2) is 0 Å². The van der Waals surface area contributed by atoms with Crippen LogP contribution < -0.4 is 0 Å². The first kappa shape index (κ1) is 20.4. The van der Waals surface area contributed by atoms with Gasteiger partial charge in [-0.3, -0.25) is 0 Å². The van der Waals surface area contributed by atoms with E-state index >= 15 is 0 Å². The Morgan fingerprint density at radius 3 is 2.14 bits per heavy atom. The fourth-order valence-electron chi connectivity index (χ4n) is 5.07. The Labute approximate surface area is 189 Å². The van der Waals surface area contributed by atoms with E-state index in [-0.39, 0.29) is 0 Å². The van der Waals surface area contributed by atoms with E-state index in [1.165, 1.54) is 62.7 Å². The number of aryl methyl sites for hydroxylation is 1. The Balaban J connectivity index is 1.15. The molecule has 3 heterocycles. The van der Waals surface area contributed by atoms with Crippen LogP contribution in [0.3, 0.4) is 0 Å². The highest BCUT2D eigenvalue weighted by molar-refractivity contribution is 8.09. The Hall–Kier alpha value is -0.510. The highest BCUT2D eigenvalue weighted by Crippen LogP contribution is 2.70. The zero-order valence-corrected chi connectivity index (χ0v) is 19.9. The van der Waals surface area contributed by atoms with Crippen LogP contribution in [0.4, 0.5) is 0 Å². The number of fused-ring (bicyclic) bond motifs is 7. The molecule has 0 aromatic heterocycles. The number of hydrogen-bond donors (Lipinski definition) is 0. The van der Waals surface area contributed by atoms with Crippen molar-refractivity contribution in [2.75, 3.05) is 0 Å². The molecule has 154 valence electrons. The maximum atomic E-state index is 2.53. The molecule has 0 nitrogen and oxygen atoms in total. The molecule has 0 saturated carbocycles. The molecule has 2 aromatic rings. The highest BCUT2D eigenvalue weighted by atomic mass is 32.2. The fourth-order valence-corrected chi connectivity index (χ4v) is 10.9. The molecular weight excluding hydrogens is 408 g/mol. The first-order chi connectivity index (χ1) is 14.3. The average molecular weight is 441 g/mol. The summed E-state index contributed by atoms with van der Waals surface area (Å²) in [6, 6.07) is 16.5. The zero-order chi connectivity index (χ0) is 19.6. The number of benzene rings is 2. The van der Waals surface area contributed by atoms with E-state index in [9.17, 15) is 0 Å². The molecule has 4 unspecified atom stereocenters. The minimum atomic E-state index is 0.697. The first-order valence-electron chi connectivity index (χ1n) is 11.6. The molecule has 0 radical (unpaired) electrons. The molecule has 0 amide bonds. The normalized spacial score (nSPS) is 26.2. The lowest BCUT2D eigenvalue weighted by molar-refractivity contribution is 0.575. The molecule has 0 spiro atoms. The van der Waals surface area contributed by atoms with Crippen molar-refractivity contribution in [2.45, 2.75) is 95.5 Å². The maximum absolute atomic E-state index is 2.53. The molecule has 0 aliphatic carbocycles. The Morgan fingerprint density at radius 2 is 1.34 bits per heavy atom. The van der Waals surface area contributed by atoms with Crippen molar-refractivity contribution >= 4 is 35.3 Å². The van der Waals surface area contributed by atoms with Crippen molar-refractivity contribution in [3.63, 3.8) is 0 Å². The molecular formula is C26H32S3. The predicted molar refractivity (Wildman–Crippen MR) is 132 cm³/mol. The molecule has 4 atom stereocenters. The largest absolute Gasteiger partial charge is 0.143 e. The molecule has 0 bridgehead atoms. The van der Waals surface area contributed by atoms with Crippen LogP contribution in [0, 0.1) is 0 Å². The van der Waals surface area contributed by atoms with E-state index in [1.54, 1.807) is 21.6 Å². The van der Waals surface area contributed by atoms with E-state index in [1.807, 2.05) is 0 Å². The van der Waals surface area contributed by atoms with Gasteiger partial charge in [-0.15, -0.1) is 35.3 Å². The standard InChI is InChI=1S/C26H32S3/c1-2-3-4-5-6-7-8-9-12-18-15-16-20-22(17-18)28-26-24(20)29-23-19-13-10-11-14-21(19)27-25(23)26/h10-11,13-17,23-26H,2-9,12H2,1H3. The van der Waals surface area contributed by atoms with Crippen molar-refractivity contribution in [3.8, 4) is 0 Å². The van der Waals surface area contributed by atoms with Crippen LogP contribution >= 0.6 is 35.3 Å². The Morgan fingerprint density at radius 1 is 0.690 bits per heavy atom. The minimum absolute atomic E-state index is 0.697. The van der Waals surface area contributed by atoms with E-state index in [0.29, 0.717) is 10.5 Å². The lowest BCUT2D eigenvalue weighted by atomic mass is 10.0. The third kappa shape index (κ3) is 4.16. The molecule has 2 aromatic carbocycles. The second kappa shape index (κ2) is 9.32. The summed E-state index contributed by atoms with van der Waals surface area (Å²) in [5.41, 5.74) is 4.78. The molecule has 1 saturated heterocycles. The molecule has 3 aliphatic heterocycles. The third-order valence-electron chi connectivity index (χ3n) is 6.67. The van der Waals surface area contributed by atoms with Crippen LogP contribution in [0.2, 0.25) is 0 Å². The van der Waals surface area contributed by atoms with Gasteiger partial charge in [0, 0.05) is 30.8 Å². The summed E-state index contributed by atoms with van der Waals surface area (Å²) in [5.74, 6) is 0. The number of hydrogen-bond acceptors (Lipinski definition) is 3. The summed E-state index contributed by atoms with van der Waals surface area (Å²) in [5, 5.41) is 2.89. The van der Waals surface area contributed by atoms with Gasteiger partial charge in [0.1, 0.15) is 0 Å². The summed E-state index contributed by atoms with van der Waals surface area (Å²) >= 11 is 6.56. The molecule has 5 rings (SSSR count). The van der Waals surface area contributed by atoms with Crippen molar-refractivity contribution in [2.24, 2.45) is 0 Å². The van der Waals surface area contributed by atoms with Gasteiger partial charge < -0.3 is 0 Å². The summed E-state index contributed by atoms with van der Waals surface area (Å²) in [6.45, 7) is 2.30. The fraction of sp³-hybridized carbons (Fsp3) is 0.538. The van der Waals surface area contributed by atoms with Gasteiger partial charge in [-0.2, -0.15) is 0 Å². The lowest BCUT2D eigenvalue weighted by Gasteiger charge is -2.13. The number of unbranched alkanes of at least 4 members (excludes halogenated alkanes) is 7. The van der Waals surface area contributed by atoms with Crippen LogP contribution in [-0.4, -0.2) is 10.5 Å². The highest BCUT2D eigenvalue weighted by Gasteiger charge is 2.53. The van der Waals surface area contributed by atoms with E-state index < -0.39 is 0 Å². The van der Waals surface area contributed by atoms with E-state index in [2.05, 4.69) is 84.7 Å². The quantitative estimate of drug-likeness (QED) is 0.357. The summed E-state index contributed by atoms with van der Waals surface area (Å²) < 4.78 is 0. The number of rotatable bonds is 9. The van der Waals surface area contributed by atoms with Crippen LogP contribution in [0.25, 0.3) is 0 Å². The van der Waals surface area contributed by atoms with Gasteiger partial charge in [0.05, 0.1) is 0 Å². The molecule has 0 N–H and O–H groups in total. The van der Waals surface area contributed by atoms with Gasteiger partial charge in [0.25, 0.3) is 0 Å². The molecule has 29 heavy (non-hydrogen) atoms. The number of thioether (sulfide) groups is 3. The summed E-state index contributed by atoms with van der Waals surface area (Å²) in [4.78, 5) is 3.11. The van der Waals surface area contributed by atoms with Crippen LogP contribution in [0.15, 0.2) is 52.3 Å². The van der Waals surface area contributed by atoms with Gasteiger partial charge in [-0.05, 0) is 41.7 Å². The molecule has 3 aliphatic rings. The Kier molecular flexibility index (Phi) is 6.56. The topological polar surface area (TPSA) is 0 Å². The van der Waals surface area contributed by atoms with Crippen molar-refractivity contribution in [1.82, 2.24) is 0 Å². The van der Waals surface area contributed by atoms with Crippen LogP contribution in [0.1, 0.15) is 85.5 Å².